The first kappa shape index (κ1) is 24.5. The highest BCUT2D eigenvalue weighted by Crippen LogP contribution is 2.34. The van der Waals surface area contributed by atoms with Gasteiger partial charge in [-0.25, -0.2) is 8.42 Å². The van der Waals surface area contributed by atoms with Crippen molar-refractivity contribution in [2.24, 2.45) is 11.8 Å². The summed E-state index contributed by atoms with van der Waals surface area (Å²) in [7, 11) is -3.54. The van der Waals surface area contributed by atoms with E-state index < -0.39 is 10.0 Å². The van der Waals surface area contributed by atoms with Crippen LogP contribution in [0.3, 0.4) is 0 Å². The molecule has 1 amide bonds. The molecule has 1 atom stereocenters. The summed E-state index contributed by atoms with van der Waals surface area (Å²) < 4.78 is 39.0. The lowest BCUT2D eigenvalue weighted by Gasteiger charge is -2.29. The molecular weight excluding hydrogens is 452 g/mol. The lowest BCUT2D eigenvalue weighted by Crippen LogP contribution is -2.37. The molecular formula is C26H34N2O5S. The molecule has 7 nitrogen and oxygen atoms in total. The Kier molecular flexibility index (Phi) is 7.48. The number of fused-ring (bicyclic) bond motifs is 1. The Bertz CT molecular complexity index is 1110. The molecule has 2 heterocycles. The van der Waals surface area contributed by atoms with Crippen LogP contribution in [-0.4, -0.2) is 44.9 Å². The summed E-state index contributed by atoms with van der Waals surface area (Å²) in [6.45, 7) is 8.54. The molecule has 1 unspecified atom stereocenters. The van der Waals surface area contributed by atoms with Crippen LogP contribution >= 0.6 is 0 Å². The average Bonchev–Trinajstić information content (AvgIpc) is 3.07. The average molecular weight is 487 g/mol. The van der Waals surface area contributed by atoms with Crippen molar-refractivity contribution >= 4 is 15.9 Å². The van der Waals surface area contributed by atoms with Gasteiger partial charge in [0, 0.05) is 25.1 Å². The van der Waals surface area contributed by atoms with E-state index >= 15 is 0 Å². The highest BCUT2D eigenvalue weighted by molar-refractivity contribution is 7.89. The SMILES string of the molecule is CC1CCN(S(=O)(=O)c2ccc(C(=O)NC(c3ccc4c(c3)OCCCO4)C(C)C)cc2)CC1. The maximum absolute atomic E-state index is 13.0. The minimum absolute atomic E-state index is 0.134. The van der Waals surface area contributed by atoms with Crippen molar-refractivity contribution in [1.29, 1.82) is 0 Å². The predicted octanol–water partition coefficient (Wildman–Crippen LogP) is 4.40. The quantitative estimate of drug-likeness (QED) is 0.654. The number of rotatable bonds is 6. The van der Waals surface area contributed by atoms with E-state index in [1.165, 1.54) is 12.1 Å². The molecule has 0 saturated carbocycles. The van der Waals surface area contributed by atoms with Gasteiger partial charge in [-0.15, -0.1) is 0 Å². The second-order valence-corrected chi connectivity index (χ2v) is 11.5. The first-order chi connectivity index (χ1) is 16.3. The van der Waals surface area contributed by atoms with Gasteiger partial charge in [-0.2, -0.15) is 4.31 Å². The van der Waals surface area contributed by atoms with Gasteiger partial charge in [0.1, 0.15) is 0 Å². The van der Waals surface area contributed by atoms with Gasteiger partial charge in [-0.1, -0.05) is 26.8 Å². The number of benzene rings is 2. The second kappa shape index (κ2) is 10.4. The van der Waals surface area contributed by atoms with E-state index in [0.717, 1.165) is 30.6 Å². The normalized spacial score (nSPS) is 18.4. The summed E-state index contributed by atoms with van der Waals surface area (Å²) in [6, 6.07) is 11.8. The van der Waals surface area contributed by atoms with Crippen molar-refractivity contribution in [3.63, 3.8) is 0 Å². The first-order valence-electron chi connectivity index (χ1n) is 12.1. The molecule has 4 rings (SSSR count). The minimum Gasteiger partial charge on any atom is -0.490 e. The van der Waals surface area contributed by atoms with E-state index in [2.05, 4.69) is 12.2 Å². The fourth-order valence-corrected chi connectivity index (χ4v) is 5.86. The molecule has 2 aliphatic rings. The summed E-state index contributed by atoms with van der Waals surface area (Å²) in [5, 5.41) is 3.10. The molecule has 0 spiro atoms. The van der Waals surface area contributed by atoms with Crippen molar-refractivity contribution in [2.75, 3.05) is 26.3 Å². The zero-order valence-electron chi connectivity index (χ0n) is 20.1. The van der Waals surface area contributed by atoms with Crippen LogP contribution in [0.5, 0.6) is 11.5 Å². The molecule has 0 aromatic heterocycles. The van der Waals surface area contributed by atoms with Gasteiger partial charge in [-0.05, 0) is 66.6 Å². The standard InChI is InChI=1S/C26H34N2O5S/c1-18(2)25(21-7-10-23-24(17-21)33-16-4-15-32-23)27-26(29)20-5-8-22(9-6-20)34(30,31)28-13-11-19(3)12-14-28/h5-10,17-19,25H,4,11-16H2,1-3H3,(H,27,29). The second-order valence-electron chi connectivity index (χ2n) is 9.56. The number of nitrogens with one attached hydrogen (secondary N) is 1. The first-order valence-corrected chi connectivity index (χ1v) is 13.5. The number of piperidine rings is 1. The van der Waals surface area contributed by atoms with Crippen LogP contribution in [0.4, 0.5) is 0 Å². The van der Waals surface area contributed by atoms with E-state index in [1.807, 2.05) is 32.0 Å². The monoisotopic (exact) mass is 486 g/mol. The van der Waals surface area contributed by atoms with Crippen LogP contribution in [-0.2, 0) is 10.0 Å². The lowest BCUT2D eigenvalue weighted by molar-refractivity contribution is 0.0925. The lowest BCUT2D eigenvalue weighted by atomic mass is 9.95. The van der Waals surface area contributed by atoms with E-state index in [4.69, 9.17) is 9.47 Å². The number of ether oxygens (including phenoxy) is 2. The van der Waals surface area contributed by atoms with Gasteiger partial charge in [0.15, 0.2) is 11.5 Å². The summed E-state index contributed by atoms with van der Waals surface area (Å²) in [6.07, 6.45) is 2.57. The number of hydrogen-bond acceptors (Lipinski definition) is 5. The zero-order chi connectivity index (χ0) is 24.3. The van der Waals surface area contributed by atoms with Gasteiger partial charge >= 0.3 is 0 Å². The maximum atomic E-state index is 13.0. The molecule has 1 N–H and O–H groups in total. The summed E-state index contributed by atoms with van der Waals surface area (Å²) in [5.74, 6) is 1.84. The Morgan fingerprint density at radius 1 is 1.00 bits per heavy atom. The van der Waals surface area contributed by atoms with Gasteiger partial charge in [0.25, 0.3) is 5.91 Å². The number of sulfonamides is 1. The smallest absolute Gasteiger partial charge is 0.251 e. The Balaban J connectivity index is 1.48. The molecule has 184 valence electrons. The highest BCUT2D eigenvalue weighted by atomic mass is 32.2. The molecule has 0 radical (unpaired) electrons. The summed E-state index contributed by atoms with van der Waals surface area (Å²) >= 11 is 0. The summed E-state index contributed by atoms with van der Waals surface area (Å²) in [5.41, 5.74) is 1.36. The zero-order valence-corrected chi connectivity index (χ0v) is 20.9. The fraction of sp³-hybridized carbons (Fsp3) is 0.500. The number of amides is 1. The number of nitrogens with zero attached hydrogens (tertiary/aromatic N) is 1. The van der Waals surface area contributed by atoms with E-state index in [-0.39, 0.29) is 22.8 Å². The molecule has 34 heavy (non-hydrogen) atoms. The Morgan fingerprint density at radius 2 is 1.65 bits per heavy atom. The van der Waals surface area contributed by atoms with Gasteiger partial charge in [-0.3, -0.25) is 4.79 Å². The van der Waals surface area contributed by atoms with Crippen LogP contribution in [0.15, 0.2) is 47.4 Å². The van der Waals surface area contributed by atoms with Crippen molar-refractivity contribution in [3.8, 4) is 11.5 Å². The van der Waals surface area contributed by atoms with Crippen molar-refractivity contribution in [1.82, 2.24) is 9.62 Å². The Labute approximate surface area is 202 Å². The topological polar surface area (TPSA) is 84.9 Å². The predicted molar refractivity (Wildman–Crippen MR) is 131 cm³/mol. The van der Waals surface area contributed by atoms with Crippen molar-refractivity contribution in [2.45, 2.75) is 51.0 Å². The molecule has 1 saturated heterocycles. The van der Waals surface area contributed by atoms with Crippen molar-refractivity contribution in [3.05, 3.63) is 53.6 Å². The third-order valence-electron chi connectivity index (χ3n) is 6.58. The Morgan fingerprint density at radius 3 is 2.29 bits per heavy atom. The van der Waals surface area contributed by atoms with Crippen LogP contribution < -0.4 is 14.8 Å². The fourth-order valence-electron chi connectivity index (χ4n) is 4.39. The van der Waals surface area contributed by atoms with E-state index in [9.17, 15) is 13.2 Å². The minimum atomic E-state index is -3.54. The third kappa shape index (κ3) is 5.39. The van der Waals surface area contributed by atoms with Crippen LogP contribution in [0.2, 0.25) is 0 Å². The maximum Gasteiger partial charge on any atom is 0.251 e. The number of carbonyl (C=O) groups excluding carboxylic acids is 1. The van der Waals surface area contributed by atoms with Crippen LogP contribution in [0.1, 0.15) is 62.0 Å². The largest absolute Gasteiger partial charge is 0.490 e. The molecule has 0 aliphatic carbocycles. The number of hydrogen-bond donors (Lipinski definition) is 1. The van der Waals surface area contributed by atoms with Gasteiger partial charge in [0.05, 0.1) is 24.2 Å². The van der Waals surface area contributed by atoms with Crippen LogP contribution in [0, 0.1) is 11.8 Å². The molecule has 1 fully saturated rings. The molecule has 2 aromatic carbocycles. The summed E-state index contributed by atoms with van der Waals surface area (Å²) in [4.78, 5) is 13.3. The van der Waals surface area contributed by atoms with E-state index in [1.54, 1.807) is 16.4 Å². The van der Waals surface area contributed by atoms with Crippen molar-refractivity contribution < 1.29 is 22.7 Å². The highest BCUT2D eigenvalue weighted by Gasteiger charge is 2.28. The molecule has 2 aromatic rings. The van der Waals surface area contributed by atoms with Gasteiger partial charge < -0.3 is 14.8 Å². The Hall–Kier alpha value is -2.58. The number of carbonyl (C=O) groups is 1. The molecule has 8 heteroatoms. The van der Waals surface area contributed by atoms with E-state index in [0.29, 0.717) is 43.5 Å². The van der Waals surface area contributed by atoms with Crippen LogP contribution in [0.25, 0.3) is 0 Å². The third-order valence-corrected chi connectivity index (χ3v) is 8.49. The molecule has 2 aliphatic heterocycles. The molecule has 0 bridgehead atoms. The van der Waals surface area contributed by atoms with Gasteiger partial charge in [0.2, 0.25) is 10.0 Å².